The number of aromatic nitrogens is 1. The highest BCUT2D eigenvalue weighted by Gasteiger charge is 2.23. The van der Waals surface area contributed by atoms with Crippen molar-refractivity contribution >= 4 is 17.2 Å². The molecular weight excluding hydrogens is 276 g/mol. The van der Waals surface area contributed by atoms with Gasteiger partial charge in [-0.1, -0.05) is 12.2 Å². The molecule has 0 aromatic carbocycles. The Balaban J connectivity index is 2.03. The van der Waals surface area contributed by atoms with Crippen molar-refractivity contribution in [1.29, 1.82) is 0 Å². The number of aliphatic hydroxyl groups excluding tert-OH is 1. The average Bonchev–Trinajstić information content (AvgIpc) is 3.04. The molecule has 1 aromatic rings. The number of amides is 1. The highest BCUT2D eigenvalue weighted by molar-refractivity contribution is 7.13. The van der Waals surface area contributed by atoms with Crippen molar-refractivity contribution in [3.63, 3.8) is 0 Å². The first-order valence-electron chi connectivity index (χ1n) is 6.65. The summed E-state index contributed by atoms with van der Waals surface area (Å²) in [6.07, 6.45) is 4.53. The topological polar surface area (TPSA) is 71.5 Å². The number of ether oxygens (including phenoxy) is 1. The van der Waals surface area contributed by atoms with Crippen LogP contribution in [0.15, 0.2) is 12.2 Å². The van der Waals surface area contributed by atoms with Crippen molar-refractivity contribution in [3.8, 4) is 0 Å². The summed E-state index contributed by atoms with van der Waals surface area (Å²) >= 11 is 1.37. The van der Waals surface area contributed by atoms with Crippen LogP contribution in [0.3, 0.4) is 0 Å². The molecule has 2 N–H and O–H groups in total. The smallest absolute Gasteiger partial charge is 0.263 e. The Hall–Kier alpha value is -1.24. The zero-order valence-corrected chi connectivity index (χ0v) is 12.7. The molecule has 0 fully saturated rings. The SMILES string of the molecule is COC(C)c1nc(C)c(C(=O)N[C@@H]2C=C[C@H](CO)C2)s1. The molecule has 1 aliphatic carbocycles. The van der Waals surface area contributed by atoms with E-state index in [1.807, 2.05) is 26.0 Å². The second-order valence-corrected chi connectivity index (χ2v) is 6.02. The van der Waals surface area contributed by atoms with Crippen LogP contribution in [0.4, 0.5) is 0 Å². The number of rotatable bonds is 5. The Morgan fingerprint density at radius 3 is 3.00 bits per heavy atom. The lowest BCUT2D eigenvalue weighted by molar-refractivity contribution is 0.0944. The van der Waals surface area contributed by atoms with Gasteiger partial charge in [-0.25, -0.2) is 4.98 Å². The fraction of sp³-hybridized carbons (Fsp3) is 0.571. The number of carbonyl (C=O) groups is 1. The molecular formula is C14H20N2O3S. The lowest BCUT2D eigenvalue weighted by atomic mass is 10.1. The van der Waals surface area contributed by atoms with Crippen molar-refractivity contribution in [2.75, 3.05) is 13.7 Å². The lowest BCUT2D eigenvalue weighted by Gasteiger charge is -2.12. The molecule has 5 nitrogen and oxygen atoms in total. The molecule has 1 unspecified atom stereocenters. The molecule has 0 saturated carbocycles. The normalized spacial score (nSPS) is 23.0. The predicted octanol–water partition coefficient (Wildman–Crippen LogP) is 1.83. The maximum absolute atomic E-state index is 12.3. The van der Waals surface area contributed by atoms with Gasteiger partial charge in [0.15, 0.2) is 0 Å². The van der Waals surface area contributed by atoms with Gasteiger partial charge in [0, 0.05) is 25.7 Å². The minimum Gasteiger partial charge on any atom is -0.396 e. The molecule has 0 bridgehead atoms. The van der Waals surface area contributed by atoms with Gasteiger partial charge in [-0.15, -0.1) is 11.3 Å². The van der Waals surface area contributed by atoms with Gasteiger partial charge >= 0.3 is 0 Å². The third kappa shape index (κ3) is 3.26. The monoisotopic (exact) mass is 296 g/mol. The molecule has 0 spiro atoms. The highest BCUT2D eigenvalue weighted by Crippen LogP contribution is 2.26. The first-order chi connectivity index (χ1) is 9.55. The third-order valence-electron chi connectivity index (χ3n) is 3.44. The maximum Gasteiger partial charge on any atom is 0.263 e. The molecule has 3 atom stereocenters. The first-order valence-corrected chi connectivity index (χ1v) is 7.47. The average molecular weight is 296 g/mol. The number of carbonyl (C=O) groups excluding carboxylic acids is 1. The third-order valence-corrected chi connectivity index (χ3v) is 4.76. The van der Waals surface area contributed by atoms with Crippen molar-refractivity contribution in [2.24, 2.45) is 5.92 Å². The van der Waals surface area contributed by atoms with Crippen LogP contribution in [-0.4, -0.2) is 35.8 Å². The lowest BCUT2D eigenvalue weighted by Crippen LogP contribution is -2.32. The molecule has 6 heteroatoms. The van der Waals surface area contributed by atoms with E-state index in [1.54, 1.807) is 7.11 Å². The van der Waals surface area contributed by atoms with E-state index in [9.17, 15) is 4.79 Å². The highest BCUT2D eigenvalue weighted by atomic mass is 32.1. The number of thiazole rings is 1. The fourth-order valence-corrected chi connectivity index (χ4v) is 3.15. The first kappa shape index (κ1) is 15.2. The van der Waals surface area contributed by atoms with E-state index in [0.29, 0.717) is 4.88 Å². The van der Waals surface area contributed by atoms with E-state index in [2.05, 4.69) is 10.3 Å². The summed E-state index contributed by atoms with van der Waals surface area (Å²) in [5.41, 5.74) is 0.729. The number of hydrogen-bond donors (Lipinski definition) is 2. The standard InChI is InChI=1S/C14H20N2O3S/c1-8-12(20-14(15-8)9(2)19-3)13(18)16-11-5-4-10(6-11)7-17/h4-5,9-11,17H,6-7H2,1-3H3,(H,16,18)/t9?,10-,11+/m0/s1. The van der Waals surface area contributed by atoms with E-state index in [4.69, 9.17) is 9.84 Å². The molecule has 1 aromatic heterocycles. The van der Waals surface area contributed by atoms with Crippen molar-refractivity contribution < 1.29 is 14.6 Å². The predicted molar refractivity (Wildman–Crippen MR) is 77.9 cm³/mol. The van der Waals surface area contributed by atoms with Crippen molar-refractivity contribution in [2.45, 2.75) is 32.4 Å². The molecule has 1 amide bonds. The van der Waals surface area contributed by atoms with Crippen molar-refractivity contribution in [1.82, 2.24) is 10.3 Å². The summed E-state index contributed by atoms with van der Waals surface area (Å²) in [6.45, 7) is 3.86. The van der Waals surface area contributed by atoms with Gasteiger partial charge in [-0.05, 0) is 20.3 Å². The van der Waals surface area contributed by atoms with Crippen LogP contribution < -0.4 is 5.32 Å². The summed E-state index contributed by atoms with van der Waals surface area (Å²) in [5, 5.41) is 12.9. The van der Waals surface area contributed by atoms with Gasteiger partial charge < -0.3 is 15.2 Å². The van der Waals surface area contributed by atoms with Crippen LogP contribution in [0.1, 0.15) is 39.8 Å². The van der Waals surface area contributed by atoms with Crippen LogP contribution in [0.25, 0.3) is 0 Å². The Morgan fingerprint density at radius 2 is 2.40 bits per heavy atom. The maximum atomic E-state index is 12.3. The van der Waals surface area contributed by atoms with Crippen LogP contribution >= 0.6 is 11.3 Å². The zero-order valence-electron chi connectivity index (χ0n) is 11.9. The molecule has 20 heavy (non-hydrogen) atoms. The van der Waals surface area contributed by atoms with Crippen LogP contribution in [0, 0.1) is 12.8 Å². The largest absolute Gasteiger partial charge is 0.396 e. The van der Waals surface area contributed by atoms with Gasteiger partial charge in [0.1, 0.15) is 16.0 Å². The second-order valence-electron chi connectivity index (χ2n) is 4.99. The number of hydrogen-bond acceptors (Lipinski definition) is 5. The molecule has 1 aliphatic rings. The molecule has 0 saturated heterocycles. The Morgan fingerprint density at radius 1 is 1.65 bits per heavy atom. The van der Waals surface area contributed by atoms with E-state index in [1.165, 1.54) is 11.3 Å². The summed E-state index contributed by atoms with van der Waals surface area (Å²) in [7, 11) is 1.62. The number of nitrogens with one attached hydrogen (secondary N) is 1. The molecule has 1 heterocycles. The van der Waals surface area contributed by atoms with E-state index in [-0.39, 0.29) is 30.6 Å². The Kier molecular flexibility index (Phi) is 4.91. The second kappa shape index (κ2) is 6.47. The number of methoxy groups -OCH3 is 1. The fourth-order valence-electron chi connectivity index (χ4n) is 2.15. The molecule has 0 aliphatic heterocycles. The Labute approximate surface area is 122 Å². The Bertz CT molecular complexity index is 513. The minimum absolute atomic E-state index is 0.00977. The molecule has 2 rings (SSSR count). The summed E-state index contributed by atoms with van der Waals surface area (Å²) < 4.78 is 5.22. The van der Waals surface area contributed by atoms with Crippen LogP contribution in [-0.2, 0) is 4.74 Å². The zero-order chi connectivity index (χ0) is 14.7. The minimum atomic E-state index is -0.109. The number of nitrogens with zero attached hydrogens (tertiary/aromatic N) is 1. The summed E-state index contributed by atoms with van der Waals surface area (Å²) in [5.74, 6) is 0.0368. The van der Waals surface area contributed by atoms with Gasteiger partial charge in [-0.2, -0.15) is 0 Å². The number of aryl methyl sites for hydroxylation is 1. The van der Waals surface area contributed by atoms with E-state index < -0.39 is 0 Å². The van der Waals surface area contributed by atoms with Gasteiger partial charge in [-0.3, -0.25) is 4.79 Å². The molecule has 0 radical (unpaired) electrons. The summed E-state index contributed by atoms with van der Waals surface area (Å²) in [4.78, 5) is 17.3. The summed E-state index contributed by atoms with van der Waals surface area (Å²) in [6, 6.07) is -0.00977. The number of aliphatic hydroxyl groups is 1. The quantitative estimate of drug-likeness (QED) is 0.813. The van der Waals surface area contributed by atoms with E-state index in [0.717, 1.165) is 17.1 Å². The van der Waals surface area contributed by atoms with Crippen molar-refractivity contribution in [3.05, 3.63) is 27.7 Å². The van der Waals surface area contributed by atoms with Crippen LogP contribution in [0.5, 0.6) is 0 Å². The van der Waals surface area contributed by atoms with Gasteiger partial charge in [0.2, 0.25) is 0 Å². The van der Waals surface area contributed by atoms with Gasteiger partial charge in [0.05, 0.1) is 5.69 Å². The van der Waals surface area contributed by atoms with E-state index >= 15 is 0 Å². The van der Waals surface area contributed by atoms with Gasteiger partial charge in [0.25, 0.3) is 5.91 Å². The molecule has 110 valence electrons. The van der Waals surface area contributed by atoms with Crippen LogP contribution in [0.2, 0.25) is 0 Å².